The van der Waals surface area contributed by atoms with Crippen LogP contribution in [0.5, 0.6) is 0 Å². The molecule has 4 nitrogen and oxygen atoms in total. The molecule has 114 valence electrons. The number of thiophene rings is 1. The van der Waals surface area contributed by atoms with E-state index in [2.05, 4.69) is 10.0 Å². The van der Waals surface area contributed by atoms with Gasteiger partial charge in [-0.15, -0.1) is 11.3 Å². The van der Waals surface area contributed by atoms with Crippen LogP contribution in [0.15, 0.2) is 10.3 Å². The summed E-state index contributed by atoms with van der Waals surface area (Å²) in [6.07, 6.45) is 2.41. The molecule has 0 aromatic carbocycles. The fourth-order valence-corrected chi connectivity index (χ4v) is 4.92. The van der Waals surface area contributed by atoms with Crippen LogP contribution in [-0.2, 0) is 16.6 Å². The summed E-state index contributed by atoms with van der Waals surface area (Å²) in [5, 5.41) is 5.32. The third-order valence-electron chi connectivity index (χ3n) is 3.18. The summed E-state index contributed by atoms with van der Waals surface area (Å²) in [5.74, 6) is 0. The van der Waals surface area contributed by atoms with Crippen molar-refractivity contribution < 1.29 is 8.42 Å². The Morgan fingerprint density at radius 3 is 2.55 bits per heavy atom. The standard InChI is InChI=1S/C14H24N2O2S2/c1-10-8-19-12(7-15-11-5-6-11)13(10)20(17,18)16-9-14(2,3)4/h8,11,15-16H,5-7,9H2,1-4H3. The molecule has 1 saturated carbocycles. The summed E-state index contributed by atoms with van der Waals surface area (Å²) in [4.78, 5) is 1.38. The van der Waals surface area contributed by atoms with Gasteiger partial charge in [0.15, 0.2) is 0 Å². The molecule has 6 heteroatoms. The molecule has 0 aliphatic heterocycles. The topological polar surface area (TPSA) is 58.2 Å². The molecule has 0 bridgehead atoms. The Morgan fingerprint density at radius 2 is 2.00 bits per heavy atom. The predicted octanol–water partition coefficient (Wildman–Crippen LogP) is 2.63. The van der Waals surface area contributed by atoms with Crippen LogP contribution in [0.3, 0.4) is 0 Å². The number of aryl methyl sites for hydroxylation is 1. The maximum atomic E-state index is 12.5. The minimum Gasteiger partial charge on any atom is -0.309 e. The van der Waals surface area contributed by atoms with Crippen molar-refractivity contribution in [3.8, 4) is 0 Å². The van der Waals surface area contributed by atoms with Crippen molar-refractivity contribution in [1.82, 2.24) is 10.0 Å². The molecule has 2 N–H and O–H groups in total. The Balaban J connectivity index is 2.14. The summed E-state index contributed by atoms with van der Waals surface area (Å²) in [5.41, 5.74) is 0.771. The molecule has 1 aliphatic carbocycles. The van der Waals surface area contributed by atoms with Gasteiger partial charge in [-0.05, 0) is 36.1 Å². The first-order valence-corrected chi connectivity index (χ1v) is 9.35. The summed E-state index contributed by atoms with van der Waals surface area (Å²) in [6.45, 7) is 9.01. The van der Waals surface area contributed by atoms with E-state index in [0.717, 1.165) is 10.4 Å². The first kappa shape index (κ1) is 15.9. The van der Waals surface area contributed by atoms with Crippen molar-refractivity contribution in [2.75, 3.05) is 6.54 Å². The lowest BCUT2D eigenvalue weighted by Gasteiger charge is -2.19. The first-order chi connectivity index (χ1) is 9.19. The number of sulfonamides is 1. The SMILES string of the molecule is Cc1csc(CNC2CC2)c1S(=O)(=O)NCC(C)(C)C. The largest absolute Gasteiger partial charge is 0.309 e. The van der Waals surface area contributed by atoms with E-state index in [-0.39, 0.29) is 5.41 Å². The molecule has 1 fully saturated rings. The maximum absolute atomic E-state index is 12.5. The molecule has 1 aliphatic rings. The molecule has 0 radical (unpaired) electrons. The number of hydrogen-bond donors (Lipinski definition) is 2. The smallest absolute Gasteiger partial charge is 0.242 e. The molecule has 0 amide bonds. The zero-order valence-electron chi connectivity index (χ0n) is 12.6. The predicted molar refractivity (Wildman–Crippen MR) is 83.6 cm³/mol. The van der Waals surface area contributed by atoms with Gasteiger partial charge in [-0.2, -0.15) is 0 Å². The van der Waals surface area contributed by atoms with Crippen LogP contribution in [0.25, 0.3) is 0 Å². The van der Waals surface area contributed by atoms with E-state index in [4.69, 9.17) is 0 Å². The molecule has 20 heavy (non-hydrogen) atoms. The van der Waals surface area contributed by atoms with Crippen LogP contribution in [0.1, 0.15) is 44.1 Å². The average Bonchev–Trinajstić information content (AvgIpc) is 3.06. The Kier molecular flexibility index (Phi) is 4.59. The first-order valence-electron chi connectivity index (χ1n) is 6.99. The Bertz CT molecular complexity index is 566. The fourth-order valence-electron chi connectivity index (χ4n) is 1.88. The second-order valence-electron chi connectivity index (χ2n) is 6.71. The fraction of sp³-hybridized carbons (Fsp3) is 0.714. The molecule has 1 aromatic heterocycles. The van der Waals surface area contributed by atoms with E-state index in [1.807, 2.05) is 33.1 Å². The van der Waals surface area contributed by atoms with Gasteiger partial charge in [-0.1, -0.05) is 20.8 Å². The Labute approximate surface area is 126 Å². The zero-order valence-corrected chi connectivity index (χ0v) is 14.2. The van der Waals surface area contributed by atoms with Crippen molar-refractivity contribution in [1.29, 1.82) is 0 Å². The van der Waals surface area contributed by atoms with Crippen LogP contribution in [-0.4, -0.2) is 21.0 Å². The second kappa shape index (κ2) is 5.75. The molecular weight excluding hydrogens is 292 g/mol. The normalized spacial score (nSPS) is 16.6. The molecule has 0 atom stereocenters. The number of hydrogen-bond acceptors (Lipinski definition) is 4. The van der Waals surface area contributed by atoms with Gasteiger partial charge in [0.05, 0.1) is 0 Å². The quantitative estimate of drug-likeness (QED) is 0.848. The summed E-state index contributed by atoms with van der Waals surface area (Å²) >= 11 is 1.52. The number of nitrogens with one attached hydrogen (secondary N) is 2. The summed E-state index contributed by atoms with van der Waals surface area (Å²) in [7, 11) is -3.42. The highest BCUT2D eigenvalue weighted by Crippen LogP contribution is 2.28. The van der Waals surface area contributed by atoms with Gasteiger partial charge in [0, 0.05) is 24.0 Å². The van der Waals surface area contributed by atoms with Gasteiger partial charge in [-0.25, -0.2) is 13.1 Å². The third-order valence-corrected chi connectivity index (χ3v) is 6.04. The minimum atomic E-state index is -3.42. The molecule has 0 saturated heterocycles. The van der Waals surface area contributed by atoms with Gasteiger partial charge in [0.1, 0.15) is 4.90 Å². The van der Waals surface area contributed by atoms with Crippen LogP contribution in [0.4, 0.5) is 0 Å². The van der Waals surface area contributed by atoms with Crippen molar-refractivity contribution in [3.05, 3.63) is 15.8 Å². The lowest BCUT2D eigenvalue weighted by Crippen LogP contribution is -2.33. The lowest BCUT2D eigenvalue weighted by molar-refractivity contribution is 0.407. The lowest BCUT2D eigenvalue weighted by atomic mass is 9.98. The molecule has 0 unspecified atom stereocenters. The highest BCUT2D eigenvalue weighted by Gasteiger charge is 2.26. The van der Waals surface area contributed by atoms with Crippen LogP contribution < -0.4 is 10.0 Å². The van der Waals surface area contributed by atoms with Crippen molar-refractivity contribution in [3.63, 3.8) is 0 Å². The molecule has 2 rings (SSSR count). The van der Waals surface area contributed by atoms with E-state index >= 15 is 0 Å². The maximum Gasteiger partial charge on any atom is 0.242 e. The van der Waals surface area contributed by atoms with E-state index in [9.17, 15) is 8.42 Å². The molecular formula is C14H24N2O2S2. The minimum absolute atomic E-state index is 0.0660. The summed E-state index contributed by atoms with van der Waals surface area (Å²) in [6, 6.07) is 0.579. The second-order valence-corrected chi connectivity index (χ2v) is 9.38. The van der Waals surface area contributed by atoms with E-state index in [1.165, 1.54) is 24.2 Å². The van der Waals surface area contributed by atoms with E-state index in [0.29, 0.717) is 24.0 Å². The average molecular weight is 316 g/mol. The van der Waals surface area contributed by atoms with Gasteiger partial charge in [-0.3, -0.25) is 0 Å². The van der Waals surface area contributed by atoms with Crippen LogP contribution in [0.2, 0.25) is 0 Å². The van der Waals surface area contributed by atoms with Gasteiger partial charge >= 0.3 is 0 Å². The van der Waals surface area contributed by atoms with Crippen molar-refractivity contribution in [2.45, 2.75) is 58.0 Å². The van der Waals surface area contributed by atoms with Gasteiger partial charge in [0.25, 0.3) is 0 Å². The van der Waals surface area contributed by atoms with Crippen LogP contribution >= 0.6 is 11.3 Å². The Hall–Kier alpha value is -0.430. The Morgan fingerprint density at radius 1 is 1.35 bits per heavy atom. The van der Waals surface area contributed by atoms with Gasteiger partial charge < -0.3 is 5.32 Å². The zero-order chi connectivity index (χ0) is 15.0. The summed E-state index contributed by atoms with van der Waals surface area (Å²) < 4.78 is 27.8. The van der Waals surface area contributed by atoms with Crippen molar-refractivity contribution in [2.24, 2.45) is 5.41 Å². The highest BCUT2D eigenvalue weighted by molar-refractivity contribution is 7.89. The van der Waals surface area contributed by atoms with E-state index < -0.39 is 10.0 Å². The molecule has 1 aromatic rings. The van der Waals surface area contributed by atoms with E-state index in [1.54, 1.807) is 0 Å². The number of rotatable bonds is 6. The molecule has 1 heterocycles. The van der Waals surface area contributed by atoms with Crippen LogP contribution in [0, 0.1) is 12.3 Å². The monoisotopic (exact) mass is 316 g/mol. The van der Waals surface area contributed by atoms with Gasteiger partial charge in [0.2, 0.25) is 10.0 Å². The highest BCUT2D eigenvalue weighted by atomic mass is 32.2. The van der Waals surface area contributed by atoms with Crippen molar-refractivity contribution >= 4 is 21.4 Å². The third kappa shape index (κ3) is 4.28. The molecule has 0 spiro atoms.